The third-order valence-corrected chi connectivity index (χ3v) is 4.53. The molecule has 6 nitrogen and oxygen atoms in total. The van der Waals surface area contributed by atoms with E-state index in [4.69, 9.17) is 9.15 Å². The van der Waals surface area contributed by atoms with Crippen molar-refractivity contribution in [3.8, 4) is 0 Å². The van der Waals surface area contributed by atoms with Gasteiger partial charge < -0.3 is 19.8 Å². The predicted molar refractivity (Wildman–Crippen MR) is 101 cm³/mol. The average Bonchev–Trinajstić information content (AvgIpc) is 3.15. The van der Waals surface area contributed by atoms with Crippen LogP contribution < -0.4 is 10.6 Å². The van der Waals surface area contributed by atoms with Crippen molar-refractivity contribution >= 4 is 29.3 Å². The van der Waals surface area contributed by atoms with Gasteiger partial charge in [-0.3, -0.25) is 9.59 Å². The van der Waals surface area contributed by atoms with Crippen molar-refractivity contribution in [2.24, 2.45) is 0 Å². The average molecular weight is 372 g/mol. The van der Waals surface area contributed by atoms with E-state index >= 15 is 0 Å². The molecule has 3 rings (SSSR count). The van der Waals surface area contributed by atoms with E-state index in [9.17, 15) is 9.59 Å². The highest BCUT2D eigenvalue weighted by Gasteiger charge is 2.15. The van der Waals surface area contributed by atoms with Gasteiger partial charge in [-0.15, -0.1) is 11.8 Å². The van der Waals surface area contributed by atoms with E-state index in [0.717, 1.165) is 11.5 Å². The molecule has 2 aromatic rings. The molecule has 0 aliphatic carbocycles. The Bertz CT molecular complexity index is 784. The van der Waals surface area contributed by atoms with Gasteiger partial charge in [0.1, 0.15) is 5.76 Å². The van der Waals surface area contributed by atoms with E-state index in [2.05, 4.69) is 10.6 Å². The molecule has 0 spiro atoms. The summed E-state index contributed by atoms with van der Waals surface area (Å²) < 4.78 is 10.6. The lowest BCUT2D eigenvalue weighted by atomic mass is 10.1. The third kappa shape index (κ3) is 4.92. The summed E-state index contributed by atoms with van der Waals surface area (Å²) in [6, 6.07) is 10.4. The Morgan fingerprint density at radius 1 is 1.19 bits per heavy atom. The van der Waals surface area contributed by atoms with Gasteiger partial charge >= 0.3 is 0 Å². The van der Waals surface area contributed by atoms with Crippen LogP contribution >= 0.6 is 11.8 Å². The first-order chi connectivity index (χ1) is 12.6. The van der Waals surface area contributed by atoms with Crippen molar-refractivity contribution < 1.29 is 18.7 Å². The summed E-state index contributed by atoms with van der Waals surface area (Å²) in [6.45, 7) is 2.45. The van der Waals surface area contributed by atoms with Crippen LogP contribution in [0.25, 0.3) is 0 Å². The summed E-state index contributed by atoms with van der Waals surface area (Å²) in [5, 5.41) is 7.40. The highest BCUT2D eigenvalue weighted by Crippen LogP contribution is 2.17. The van der Waals surface area contributed by atoms with E-state index in [1.807, 2.05) is 19.1 Å². The number of carbonyl (C=O) groups excluding carboxylic acids is 2. The second kappa shape index (κ2) is 8.62. The highest BCUT2D eigenvalue weighted by atomic mass is 32.2. The fourth-order valence-corrected chi connectivity index (χ4v) is 3.10. The lowest BCUT2D eigenvalue weighted by Crippen LogP contribution is -2.33. The molecule has 0 radical (unpaired) electrons. The van der Waals surface area contributed by atoms with E-state index in [1.165, 1.54) is 0 Å². The minimum atomic E-state index is -0.290. The Balaban J connectivity index is 1.54. The molecular weight excluding hydrogens is 352 g/mol. The van der Waals surface area contributed by atoms with Gasteiger partial charge in [0.05, 0.1) is 12.9 Å². The summed E-state index contributed by atoms with van der Waals surface area (Å²) in [6.07, 6.45) is 2.24. The van der Waals surface area contributed by atoms with Crippen LogP contribution in [0.2, 0.25) is 0 Å². The van der Waals surface area contributed by atoms with Crippen molar-refractivity contribution in [2.45, 2.75) is 19.4 Å². The first-order valence-corrected chi connectivity index (χ1v) is 9.36. The van der Waals surface area contributed by atoms with Gasteiger partial charge in [-0.1, -0.05) is 0 Å². The molecule has 0 unspecified atom stereocenters. The van der Waals surface area contributed by atoms with Gasteiger partial charge in [0, 0.05) is 34.9 Å². The van der Waals surface area contributed by atoms with Crippen molar-refractivity contribution in [1.29, 1.82) is 0 Å². The highest BCUT2D eigenvalue weighted by molar-refractivity contribution is 8.02. The number of amides is 2. The number of nitrogens with one attached hydrogen (secondary N) is 2. The molecule has 2 heterocycles. The minimum Gasteiger partial charge on any atom is -0.487 e. The molecule has 0 saturated heterocycles. The molecule has 136 valence electrons. The Morgan fingerprint density at radius 2 is 2.00 bits per heavy atom. The Morgan fingerprint density at radius 3 is 2.65 bits per heavy atom. The monoisotopic (exact) mass is 372 g/mol. The van der Waals surface area contributed by atoms with Gasteiger partial charge in [0.15, 0.2) is 5.76 Å². The van der Waals surface area contributed by atoms with E-state index in [1.54, 1.807) is 47.7 Å². The van der Waals surface area contributed by atoms with Crippen molar-refractivity contribution in [2.75, 3.05) is 17.7 Å². The Labute approximate surface area is 156 Å². The number of benzene rings is 1. The van der Waals surface area contributed by atoms with E-state index < -0.39 is 0 Å². The Kier molecular flexibility index (Phi) is 6.01. The minimum absolute atomic E-state index is 0.0547. The van der Waals surface area contributed by atoms with Crippen LogP contribution in [0, 0.1) is 0 Å². The molecule has 7 heteroatoms. The van der Waals surface area contributed by atoms with Crippen LogP contribution in [-0.2, 0) is 16.0 Å². The number of anilines is 1. The number of rotatable bonds is 6. The quantitative estimate of drug-likeness (QED) is 0.814. The lowest BCUT2D eigenvalue weighted by molar-refractivity contribution is -0.116. The SMILES string of the molecule is C[C@H](Cc1ccco1)NC(=O)c1ccc(NC(=O)C2=CSCCO2)cc1. The van der Waals surface area contributed by atoms with Crippen LogP contribution in [0.15, 0.2) is 58.2 Å². The maximum absolute atomic E-state index is 12.3. The normalized spacial score (nSPS) is 14.7. The summed E-state index contributed by atoms with van der Waals surface area (Å²) >= 11 is 1.55. The number of ether oxygens (including phenoxy) is 1. The summed E-state index contributed by atoms with van der Waals surface area (Å²) in [5.41, 5.74) is 1.13. The second-order valence-electron chi connectivity index (χ2n) is 5.89. The zero-order valence-electron chi connectivity index (χ0n) is 14.4. The van der Waals surface area contributed by atoms with Gasteiger partial charge in [0.25, 0.3) is 11.8 Å². The molecule has 2 amide bonds. The number of furan rings is 1. The molecule has 1 aliphatic rings. The zero-order chi connectivity index (χ0) is 18.4. The zero-order valence-corrected chi connectivity index (χ0v) is 15.2. The standard InChI is InChI=1S/C19H20N2O4S/c1-13(11-16-3-2-8-24-16)20-18(22)14-4-6-15(7-5-14)21-19(23)17-12-26-10-9-25-17/h2-8,12-13H,9-11H2,1H3,(H,20,22)(H,21,23)/t13-/m1/s1. The van der Waals surface area contributed by atoms with Crippen LogP contribution in [0.3, 0.4) is 0 Å². The largest absolute Gasteiger partial charge is 0.487 e. The van der Waals surface area contributed by atoms with Crippen LogP contribution in [-0.4, -0.2) is 30.2 Å². The lowest BCUT2D eigenvalue weighted by Gasteiger charge is -2.15. The number of hydrogen-bond donors (Lipinski definition) is 2. The first kappa shape index (κ1) is 18.1. The van der Waals surface area contributed by atoms with Gasteiger partial charge in [-0.25, -0.2) is 0 Å². The molecule has 2 N–H and O–H groups in total. The van der Waals surface area contributed by atoms with E-state index in [0.29, 0.717) is 30.0 Å². The van der Waals surface area contributed by atoms with Crippen LogP contribution in [0.1, 0.15) is 23.0 Å². The first-order valence-electron chi connectivity index (χ1n) is 8.31. The third-order valence-electron chi connectivity index (χ3n) is 3.74. The molecule has 1 atom stereocenters. The maximum atomic E-state index is 12.3. The number of carbonyl (C=O) groups is 2. The predicted octanol–water partition coefficient (Wildman–Crippen LogP) is 3.18. The molecule has 1 aliphatic heterocycles. The molecule has 0 saturated carbocycles. The fraction of sp³-hybridized carbons (Fsp3) is 0.263. The van der Waals surface area contributed by atoms with Crippen molar-refractivity contribution in [1.82, 2.24) is 5.32 Å². The smallest absolute Gasteiger partial charge is 0.291 e. The molecule has 26 heavy (non-hydrogen) atoms. The molecule has 0 bridgehead atoms. The topological polar surface area (TPSA) is 80.6 Å². The summed E-state index contributed by atoms with van der Waals surface area (Å²) in [4.78, 5) is 24.4. The fourth-order valence-electron chi connectivity index (χ4n) is 2.47. The molecule has 0 fully saturated rings. The van der Waals surface area contributed by atoms with E-state index in [-0.39, 0.29) is 17.9 Å². The van der Waals surface area contributed by atoms with Crippen molar-refractivity contribution in [3.05, 3.63) is 65.2 Å². The number of hydrogen-bond acceptors (Lipinski definition) is 5. The van der Waals surface area contributed by atoms with Gasteiger partial charge in [-0.05, 0) is 43.3 Å². The maximum Gasteiger partial charge on any atom is 0.291 e. The number of thioether (sulfide) groups is 1. The molecule has 1 aromatic carbocycles. The van der Waals surface area contributed by atoms with Crippen molar-refractivity contribution in [3.63, 3.8) is 0 Å². The van der Waals surface area contributed by atoms with Crippen LogP contribution in [0.4, 0.5) is 5.69 Å². The second-order valence-corrected chi connectivity index (χ2v) is 6.87. The van der Waals surface area contributed by atoms with Crippen LogP contribution in [0.5, 0.6) is 0 Å². The van der Waals surface area contributed by atoms with Gasteiger partial charge in [-0.2, -0.15) is 0 Å². The Hall–Kier alpha value is -2.67. The molecular formula is C19H20N2O4S. The summed E-state index contributed by atoms with van der Waals surface area (Å²) in [5.74, 6) is 1.53. The molecule has 1 aromatic heterocycles. The summed E-state index contributed by atoms with van der Waals surface area (Å²) in [7, 11) is 0. The van der Waals surface area contributed by atoms with Gasteiger partial charge in [0.2, 0.25) is 0 Å².